The Morgan fingerprint density at radius 1 is 1.40 bits per heavy atom. The van der Waals surface area contributed by atoms with Crippen LogP contribution in [0.3, 0.4) is 0 Å². The molecule has 1 aliphatic heterocycles. The van der Waals surface area contributed by atoms with Crippen molar-refractivity contribution in [2.75, 3.05) is 19.8 Å². The highest BCUT2D eigenvalue weighted by Crippen LogP contribution is 2.24. The molecule has 1 aromatic carbocycles. The summed E-state index contributed by atoms with van der Waals surface area (Å²) in [6, 6.07) is 6.08. The number of nitrogens with zero attached hydrogens (tertiary/aromatic N) is 1. The van der Waals surface area contributed by atoms with Gasteiger partial charge in [0.25, 0.3) is 0 Å². The van der Waals surface area contributed by atoms with Gasteiger partial charge < -0.3 is 14.7 Å². The van der Waals surface area contributed by atoms with Crippen LogP contribution in [0.15, 0.2) is 18.2 Å². The van der Waals surface area contributed by atoms with E-state index in [1.165, 1.54) is 0 Å². The summed E-state index contributed by atoms with van der Waals surface area (Å²) in [4.78, 5) is 13.7. The van der Waals surface area contributed by atoms with Gasteiger partial charge in [-0.1, -0.05) is 18.2 Å². The van der Waals surface area contributed by atoms with Crippen LogP contribution in [0.5, 0.6) is 5.75 Å². The van der Waals surface area contributed by atoms with Crippen molar-refractivity contribution in [3.05, 3.63) is 29.3 Å². The zero-order chi connectivity index (χ0) is 14.7. The van der Waals surface area contributed by atoms with E-state index in [0.717, 1.165) is 16.9 Å². The number of aliphatic hydroxyl groups is 1. The molecule has 0 bridgehead atoms. The molecule has 0 aromatic heterocycles. The van der Waals surface area contributed by atoms with Crippen LogP contribution in [-0.2, 0) is 4.79 Å². The van der Waals surface area contributed by atoms with Crippen LogP contribution >= 0.6 is 0 Å². The molecule has 0 spiro atoms. The van der Waals surface area contributed by atoms with Gasteiger partial charge in [-0.3, -0.25) is 4.79 Å². The van der Waals surface area contributed by atoms with Crippen molar-refractivity contribution in [2.24, 2.45) is 5.92 Å². The molecular weight excluding hydrogens is 254 g/mol. The minimum absolute atomic E-state index is 0.0260. The molecule has 2 atom stereocenters. The Balaban J connectivity index is 1.96. The molecule has 1 fully saturated rings. The zero-order valence-electron chi connectivity index (χ0n) is 12.4. The van der Waals surface area contributed by atoms with Crippen molar-refractivity contribution >= 4 is 5.91 Å². The highest BCUT2D eigenvalue weighted by Gasteiger charge is 2.32. The lowest BCUT2D eigenvalue weighted by Gasteiger charge is -2.25. The third-order valence-corrected chi connectivity index (χ3v) is 3.91. The molecule has 2 rings (SSSR count). The SMILES string of the molecule is Cc1cccc(C)c1OCC(C)N1CC(CO)CC1=O. The smallest absolute Gasteiger partial charge is 0.223 e. The number of hydrogen-bond donors (Lipinski definition) is 1. The molecule has 1 aliphatic rings. The molecule has 110 valence electrons. The van der Waals surface area contributed by atoms with E-state index in [2.05, 4.69) is 0 Å². The van der Waals surface area contributed by atoms with Crippen LogP contribution in [0.2, 0.25) is 0 Å². The fourth-order valence-electron chi connectivity index (χ4n) is 2.68. The monoisotopic (exact) mass is 277 g/mol. The number of benzene rings is 1. The molecule has 0 saturated carbocycles. The number of aliphatic hydroxyl groups excluding tert-OH is 1. The summed E-state index contributed by atoms with van der Waals surface area (Å²) in [7, 11) is 0. The molecule has 0 radical (unpaired) electrons. The lowest BCUT2D eigenvalue weighted by atomic mass is 10.1. The highest BCUT2D eigenvalue weighted by molar-refractivity contribution is 5.79. The van der Waals surface area contributed by atoms with Crippen molar-refractivity contribution in [3.8, 4) is 5.75 Å². The Morgan fingerprint density at radius 3 is 2.60 bits per heavy atom. The maximum Gasteiger partial charge on any atom is 0.223 e. The van der Waals surface area contributed by atoms with Gasteiger partial charge in [0.2, 0.25) is 5.91 Å². The molecular formula is C16H23NO3. The number of carbonyl (C=O) groups excluding carboxylic acids is 1. The van der Waals surface area contributed by atoms with Gasteiger partial charge in [-0.05, 0) is 31.9 Å². The predicted molar refractivity (Wildman–Crippen MR) is 77.8 cm³/mol. The minimum atomic E-state index is 0.0260. The van der Waals surface area contributed by atoms with E-state index in [0.29, 0.717) is 19.6 Å². The Kier molecular flexibility index (Phi) is 4.65. The first-order valence-electron chi connectivity index (χ1n) is 7.12. The summed E-state index contributed by atoms with van der Waals surface area (Å²) >= 11 is 0. The van der Waals surface area contributed by atoms with E-state index in [4.69, 9.17) is 9.84 Å². The summed E-state index contributed by atoms with van der Waals surface area (Å²) in [5.41, 5.74) is 2.22. The first-order valence-corrected chi connectivity index (χ1v) is 7.12. The second-order valence-electron chi connectivity index (χ2n) is 5.68. The topological polar surface area (TPSA) is 49.8 Å². The molecule has 1 N–H and O–H groups in total. The van der Waals surface area contributed by atoms with Crippen molar-refractivity contribution in [3.63, 3.8) is 0 Å². The van der Waals surface area contributed by atoms with E-state index in [1.807, 2.05) is 43.9 Å². The standard InChI is InChI=1S/C16H23NO3/c1-11-5-4-6-12(2)16(11)20-10-13(3)17-8-14(9-18)7-15(17)19/h4-6,13-14,18H,7-10H2,1-3H3. The number of hydrogen-bond acceptors (Lipinski definition) is 3. The van der Waals surface area contributed by atoms with E-state index in [9.17, 15) is 4.79 Å². The Labute approximate surface area is 120 Å². The van der Waals surface area contributed by atoms with Crippen LogP contribution in [0.1, 0.15) is 24.5 Å². The zero-order valence-corrected chi connectivity index (χ0v) is 12.4. The third-order valence-electron chi connectivity index (χ3n) is 3.91. The van der Waals surface area contributed by atoms with Gasteiger partial charge in [0.1, 0.15) is 12.4 Å². The summed E-state index contributed by atoms with van der Waals surface area (Å²) < 4.78 is 5.90. The van der Waals surface area contributed by atoms with Crippen molar-refractivity contribution in [1.29, 1.82) is 0 Å². The van der Waals surface area contributed by atoms with Crippen LogP contribution in [0.25, 0.3) is 0 Å². The third kappa shape index (κ3) is 3.12. The highest BCUT2D eigenvalue weighted by atomic mass is 16.5. The molecule has 0 aliphatic carbocycles. The normalized spacial score (nSPS) is 20.3. The van der Waals surface area contributed by atoms with Gasteiger partial charge >= 0.3 is 0 Å². The van der Waals surface area contributed by atoms with Crippen LogP contribution in [0, 0.1) is 19.8 Å². The Morgan fingerprint density at radius 2 is 2.05 bits per heavy atom. The largest absolute Gasteiger partial charge is 0.491 e. The second-order valence-corrected chi connectivity index (χ2v) is 5.68. The van der Waals surface area contributed by atoms with Crippen LogP contribution in [0.4, 0.5) is 0 Å². The summed E-state index contributed by atoms with van der Waals surface area (Å²) in [6.07, 6.45) is 0.449. The van der Waals surface area contributed by atoms with E-state index < -0.39 is 0 Å². The predicted octanol–water partition coefficient (Wildman–Crippen LogP) is 1.91. The first-order chi connectivity index (χ1) is 9.52. The number of carbonyl (C=O) groups is 1. The summed E-state index contributed by atoms with van der Waals surface area (Å²) in [5, 5.41) is 9.15. The van der Waals surface area contributed by atoms with Gasteiger partial charge in [-0.2, -0.15) is 0 Å². The van der Waals surface area contributed by atoms with E-state index >= 15 is 0 Å². The summed E-state index contributed by atoms with van der Waals surface area (Å²) in [6.45, 7) is 7.23. The number of rotatable bonds is 5. The van der Waals surface area contributed by atoms with Crippen molar-refractivity contribution in [1.82, 2.24) is 4.90 Å². The maximum atomic E-state index is 11.9. The second kappa shape index (κ2) is 6.27. The molecule has 1 saturated heterocycles. The van der Waals surface area contributed by atoms with Crippen molar-refractivity contribution in [2.45, 2.75) is 33.2 Å². The molecule has 4 nitrogen and oxygen atoms in total. The lowest BCUT2D eigenvalue weighted by Crippen LogP contribution is -2.38. The van der Waals surface area contributed by atoms with E-state index in [1.54, 1.807) is 0 Å². The van der Waals surface area contributed by atoms with Gasteiger partial charge in [0.05, 0.1) is 6.04 Å². The van der Waals surface area contributed by atoms with Crippen LogP contribution < -0.4 is 4.74 Å². The Bertz CT molecular complexity index is 466. The van der Waals surface area contributed by atoms with E-state index in [-0.39, 0.29) is 24.5 Å². The average Bonchev–Trinajstić information content (AvgIpc) is 2.79. The minimum Gasteiger partial charge on any atom is -0.491 e. The molecule has 2 unspecified atom stereocenters. The van der Waals surface area contributed by atoms with Gasteiger partial charge in [0, 0.05) is 25.5 Å². The number of amides is 1. The first kappa shape index (κ1) is 14.9. The number of para-hydroxylation sites is 1. The van der Waals surface area contributed by atoms with Crippen LogP contribution in [-0.4, -0.2) is 41.7 Å². The molecule has 1 amide bonds. The fraction of sp³-hybridized carbons (Fsp3) is 0.562. The number of ether oxygens (including phenoxy) is 1. The lowest BCUT2D eigenvalue weighted by molar-refractivity contribution is -0.129. The summed E-state index contributed by atoms with van der Waals surface area (Å²) in [5.74, 6) is 1.09. The maximum absolute atomic E-state index is 11.9. The quantitative estimate of drug-likeness (QED) is 0.894. The molecule has 1 heterocycles. The molecule has 4 heteroatoms. The van der Waals surface area contributed by atoms with Gasteiger partial charge in [-0.15, -0.1) is 0 Å². The average molecular weight is 277 g/mol. The van der Waals surface area contributed by atoms with Gasteiger partial charge in [0.15, 0.2) is 0 Å². The number of likely N-dealkylation sites (tertiary alicyclic amines) is 1. The number of aryl methyl sites for hydroxylation is 2. The fourth-order valence-corrected chi connectivity index (χ4v) is 2.68. The molecule has 1 aromatic rings. The van der Waals surface area contributed by atoms with Gasteiger partial charge in [-0.25, -0.2) is 0 Å². The Hall–Kier alpha value is -1.55. The molecule has 20 heavy (non-hydrogen) atoms. The van der Waals surface area contributed by atoms with Crippen molar-refractivity contribution < 1.29 is 14.6 Å².